The Balaban J connectivity index is 1.45. The van der Waals surface area contributed by atoms with Crippen LogP contribution >= 0.6 is 0 Å². The Bertz CT molecular complexity index is 1580. The van der Waals surface area contributed by atoms with Crippen LogP contribution in [-0.4, -0.2) is 53.6 Å². The normalized spacial score (nSPS) is 20.4. The van der Waals surface area contributed by atoms with Gasteiger partial charge >= 0.3 is 6.18 Å². The molecular formula is C28H31F3N6O2. The molecule has 0 radical (unpaired) electrons. The van der Waals surface area contributed by atoms with Crippen molar-refractivity contribution in [3.05, 3.63) is 75.9 Å². The molecule has 2 fully saturated rings. The zero-order valence-corrected chi connectivity index (χ0v) is 21.9. The molecule has 8 nitrogen and oxygen atoms in total. The van der Waals surface area contributed by atoms with Gasteiger partial charge in [0.15, 0.2) is 5.82 Å². The number of pyridine rings is 1. The van der Waals surface area contributed by atoms with Crippen molar-refractivity contribution in [1.82, 2.24) is 29.2 Å². The lowest BCUT2D eigenvalue weighted by Crippen LogP contribution is -2.45. The van der Waals surface area contributed by atoms with Gasteiger partial charge in [0, 0.05) is 48.7 Å². The molecule has 39 heavy (non-hydrogen) atoms. The minimum absolute atomic E-state index is 0.229. The third-order valence-electron chi connectivity index (χ3n) is 8.02. The van der Waals surface area contributed by atoms with Gasteiger partial charge < -0.3 is 14.7 Å². The number of hydrogen-bond acceptors (Lipinski definition) is 5. The maximum absolute atomic E-state index is 14.3. The van der Waals surface area contributed by atoms with Crippen LogP contribution in [0.4, 0.5) is 13.2 Å². The Labute approximate surface area is 223 Å². The molecular weight excluding hydrogens is 509 g/mol. The molecule has 1 aliphatic heterocycles. The molecule has 1 aromatic carbocycles. The van der Waals surface area contributed by atoms with Crippen molar-refractivity contribution >= 4 is 10.9 Å². The first-order chi connectivity index (χ1) is 18.6. The molecule has 0 spiro atoms. The molecule has 2 N–H and O–H groups in total. The Morgan fingerprint density at radius 2 is 1.97 bits per heavy atom. The second kappa shape index (κ2) is 9.34. The quantitative estimate of drug-likeness (QED) is 0.379. The van der Waals surface area contributed by atoms with Crippen molar-refractivity contribution in [2.75, 3.05) is 13.1 Å². The van der Waals surface area contributed by atoms with E-state index in [9.17, 15) is 23.1 Å². The summed E-state index contributed by atoms with van der Waals surface area (Å²) in [6, 6.07) is 7.41. The highest BCUT2D eigenvalue weighted by Crippen LogP contribution is 2.45. The van der Waals surface area contributed by atoms with Crippen molar-refractivity contribution < 1.29 is 18.3 Å². The van der Waals surface area contributed by atoms with Crippen LogP contribution in [0.5, 0.6) is 0 Å². The zero-order chi connectivity index (χ0) is 27.5. The van der Waals surface area contributed by atoms with Crippen LogP contribution in [0.15, 0.2) is 47.7 Å². The van der Waals surface area contributed by atoms with Crippen LogP contribution < -0.4 is 5.56 Å². The number of piperidine rings is 1. The fourth-order valence-electron chi connectivity index (χ4n) is 5.87. The van der Waals surface area contributed by atoms with E-state index in [4.69, 9.17) is 0 Å². The van der Waals surface area contributed by atoms with Gasteiger partial charge in [0.1, 0.15) is 11.8 Å². The molecule has 1 aliphatic carbocycles. The van der Waals surface area contributed by atoms with Crippen LogP contribution in [0.25, 0.3) is 16.6 Å². The van der Waals surface area contributed by atoms with E-state index in [0.29, 0.717) is 23.9 Å². The minimum atomic E-state index is -5.08. The number of H-pyrrole nitrogens is 1. The number of aromatic amines is 1. The van der Waals surface area contributed by atoms with Crippen molar-refractivity contribution in [2.24, 2.45) is 13.0 Å². The number of nitrogens with zero attached hydrogens (tertiary/aromatic N) is 5. The highest BCUT2D eigenvalue weighted by atomic mass is 19.4. The molecule has 0 bridgehead atoms. The molecule has 1 saturated carbocycles. The van der Waals surface area contributed by atoms with E-state index in [-0.39, 0.29) is 11.2 Å². The Kier molecular flexibility index (Phi) is 6.18. The topological polar surface area (TPSA) is 92.0 Å². The average Bonchev–Trinajstić information content (AvgIpc) is 3.50. The van der Waals surface area contributed by atoms with Crippen molar-refractivity contribution in [2.45, 2.75) is 56.8 Å². The van der Waals surface area contributed by atoms with Gasteiger partial charge in [-0.05, 0) is 67.8 Å². The molecule has 4 heterocycles. The largest absolute Gasteiger partial charge is 0.428 e. The van der Waals surface area contributed by atoms with E-state index < -0.39 is 23.2 Å². The molecule has 0 amide bonds. The van der Waals surface area contributed by atoms with Crippen LogP contribution in [-0.2, 0) is 19.2 Å². The van der Waals surface area contributed by atoms with Crippen LogP contribution in [0.3, 0.4) is 0 Å². The summed E-state index contributed by atoms with van der Waals surface area (Å²) in [7, 11) is 1.34. The number of likely N-dealkylation sites (tertiary alicyclic amines) is 1. The first-order valence-corrected chi connectivity index (χ1v) is 13.3. The average molecular weight is 541 g/mol. The number of aryl methyl sites for hydroxylation is 1. The maximum atomic E-state index is 14.3. The minimum Gasteiger partial charge on any atom is -0.370 e. The molecule has 1 saturated heterocycles. The van der Waals surface area contributed by atoms with E-state index in [1.807, 2.05) is 0 Å². The first-order valence-electron chi connectivity index (χ1n) is 13.3. The number of hydrogen-bond donors (Lipinski definition) is 2. The summed E-state index contributed by atoms with van der Waals surface area (Å²) in [5.74, 6) is 0.271. The summed E-state index contributed by atoms with van der Waals surface area (Å²) in [6.07, 6.45) is 2.13. The fourth-order valence-corrected chi connectivity index (χ4v) is 5.87. The Morgan fingerprint density at radius 3 is 2.64 bits per heavy atom. The van der Waals surface area contributed by atoms with Crippen molar-refractivity contribution in [3.8, 4) is 5.69 Å². The third kappa shape index (κ3) is 4.47. The lowest BCUT2D eigenvalue weighted by molar-refractivity contribution is -0.252. The van der Waals surface area contributed by atoms with Crippen molar-refractivity contribution in [3.63, 3.8) is 0 Å². The van der Waals surface area contributed by atoms with Gasteiger partial charge in [-0.15, -0.1) is 10.2 Å². The van der Waals surface area contributed by atoms with Gasteiger partial charge in [0.25, 0.3) is 5.56 Å². The second-order valence-electron chi connectivity index (χ2n) is 11.1. The lowest BCUT2D eigenvalue weighted by Gasteiger charge is -2.30. The Hall–Kier alpha value is -3.44. The van der Waals surface area contributed by atoms with Gasteiger partial charge in [0.05, 0.1) is 0 Å². The molecule has 11 heteroatoms. The monoisotopic (exact) mass is 540 g/mol. The second-order valence-corrected chi connectivity index (χ2v) is 11.1. The van der Waals surface area contributed by atoms with E-state index in [1.165, 1.54) is 36.2 Å². The van der Waals surface area contributed by atoms with Gasteiger partial charge in [-0.3, -0.25) is 14.3 Å². The summed E-state index contributed by atoms with van der Waals surface area (Å²) >= 11 is 0. The Morgan fingerprint density at radius 1 is 1.18 bits per heavy atom. The first kappa shape index (κ1) is 25.8. The van der Waals surface area contributed by atoms with Crippen molar-refractivity contribution in [1.29, 1.82) is 0 Å². The summed E-state index contributed by atoms with van der Waals surface area (Å²) in [5.41, 5.74) is -1.57. The molecule has 6 rings (SSSR count). The number of fused-ring (bicyclic) bond motifs is 1. The molecule has 206 valence electrons. The molecule has 1 unspecified atom stereocenters. The number of aromatic nitrogens is 5. The summed E-state index contributed by atoms with van der Waals surface area (Å²) < 4.78 is 45.5. The number of nitrogens with one attached hydrogen (secondary N) is 1. The highest BCUT2D eigenvalue weighted by molar-refractivity contribution is 5.84. The van der Waals surface area contributed by atoms with Crippen LogP contribution in [0, 0.1) is 5.92 Å². The standard InChI is InChI=1S/C28H31F3N6O2/c1-17-5-4-10-36(13-17)14-20-12-22-23(18-8-9-18)15-37(25(38)24(22)33-20)21-7-3-6-19(11-21)27(39,28(29,30)31)26-34-32-16-35(26)2/h3,6-7,11-12,15-18,33,39H,4-5,8-10,13-14H2,1-2H3/t17-,27?/m0/s1. The summed E-state index contributed by atoms with van der Waals surface area (Å²) in [6.45, 7) is 4.99. The van der Waals surface area contributed by atoms with E-state index >= 15 is 0 Å². The lowest BCUT2D eigenvalue weighted by atomic mass is 9.91. The highest BCUT2D eigenvalue weighted by Gasteiger charge is 2.59. The maximum Gasteiger partial charge on any atom is 0.428 e. The predicted octanol–water partition coefficient (Wildman–Crippen LogP) is 4.35. The molecule has 3 aromatic heterocycles. The number of benzene rings is 1. The SMILES string of the molecule is C[C@H]1CCCN(Cc2cc3c(C4CC4)cn(-c4cccc(C(O)(c5nncn5C)C(F)(F)F)c4)c(=O)c3[nH]2)C1. The van der Waals surface area contributed by atoms with Gasteiger partial charge in [-0.1, -0.05) is 19.1 Å². The molecule has 2 atom stereocenters. The van der Waals surface area contributed by atoms with Gasteiger partial charge in [-0.2, -0.15) is 13.2 Å². The number of halogens is 3. The number of rotatable bonds is 6. The smallest absolute Gasteiger partial charge is 0.370 e. The van der Waals surface area contributed by atoms with E-state index in [1.54, 1.807) is 12.3 Å². The van der Waals surface area contributed by atoms with Gasteiger partial charge in [0.2, 0.25) is 5.60 Å². The van der Waals surface area contributed by atoms with E-state index in [2.05, 4.69) is 33.1 Å². The summed E-state index contributed by atoms with van der Waals surface area (Å²) in [5, 5.41) is 19.0. The number of aliphatic hydroxyl groups is 1. The zero-order valence-electron chi connectivity index (χ0n) is 21.9. The predicted molar refractivity (Wildman–Crippen MR) is 140 cm³/mol. The van der Waals surface area contributed by atoms with E-state index in [0.717, 1.165) is 59.9 Å². The number of alkyl halides is 3. The summed E-state index contributed by atoms with van der Waals surface area (Å²) in [4.78, 5) is 19.5. The third-order valence-corrected chi connectivity index (χ3v) is 8.02. The van der Waals surface area contributed by atoms with Crippen LogP contribution in [0.1, 0.15) is 61.2 Å². The molecule has 2 aliphatic rings. The fraction of sp³-hybridized carbons (Fsp3) is 0.464. The molecule has 4 aromatic rings. The van der Waals surface area contributed by atoms with Gasteiger partial charge in [-0.25, -0.2) is 0 Å². The van der Waals surface area contributed by atoms with Crippen LogP contribution in [0.2, 0.25) is 0 Å².